The van der Waals surface area contributed by atoms with Gasteiger partial charge in [-0.15, -0.1) is 11.8 Å². The first kappa shape index (κ1) is 20.4. The number of carbonyl (C=O) groups is 2. The van der Waals surface area contributed by atoms with Gasteiger partial charge in [0.1, 0.15) is 0 Å². The average Bonchev–Trinajstić information content (AvgIpc) is 2.66. The van der Waals surface area contributed by atoms with Gasteiger partial charge in [0.2, 0.25) is 11.8 Å². The van der Waals surface area contributed by atoms with Crippen LogP contribution in [-0.2, 0) is 19.4 Å². The lowest BCUT2D eigenvalue weighted by atomic mass is 10.2. The van der Waals surface area contributed by atoms with Crippen LogP contribution in [0.1, 0.15) is 18.9 Å². The largest absolute Gasteiger partial charge is 0.324 e. The first-order valence-electron chi connectivity index (χ1n) is 8.85. The van der Waals surface area contributed by atoms with Gasteiger partial charge < -0.3 is 10.2 Å². The Morgan fingerprint density at radius 2 is 1.96 bits per heavy atom. The number of rotatable bonds is 5. The highest BCUT2D eigenvalue weighted by Crippen LogP contribution is 2.37. The molecule has 1 heterocycles. The number of nitrogens with one attached hydrogen (secondary N) is 1. The van der Waals surface area contributed by atoms with Crippen molar-refractivity contribution in [2.24, 2.45) is 0 Å². The summed E-state index contributed by atoms with van der Waals surface area (Å²) in [6.07, 6.45) is -0.107. The van der Waals surface area contributed by atoms with E-state index in [-0.39, 0.29) is 34.1 Å². The Morgan fingerprint density at radius 3 is 2.68 bits per heavy atom. The van der Waals surface area contributed by atoms with E-state index in [4.69, 9.17) is 0 Å². The topological polar surface area (TPSA) is 83.6 Å². The molecule has 0 fully saturated rings. The molecule has 148 valence electrons. The van der Waals surface area contributed by atoms with Crippen molar-refractivity contribution < 1.29 is 18.0 Å². The van der Waals surface area contributed by atoms with Crippen LogP contribution in [0.3, 0.4) is 0 Å². The predicted molar refractivity (Wildman–Crippen MR) is 112 cm³/mol. The first-order valence-corrected chi connectivity index (χ1v) is 11.4. The quantitative estimate of drug-likeness (QED) is 0.806. The number of hydrogen-bond acceptors (Lipinski definition) is 5. The van der Waals surface area contributed by atoms with E-state index < -0.39 is 9.84 Å². The molecule has 2 aromatic carbocycles. The van der Waals surface area contributed by atoms with Gasteiger partial charge in [-0.3, -0.25) is 9.59 Å². The van der Waals surface area contributed by atoms with E-state index in [1.165, 1.54) is 22.7 Å². The minimum Gasteiger partial charge on any atom is -0.324 e. The molecule has 8 heteroatoms. The zero-order valence-corrected chi connectivity index (χ0v) is 17.6. The Kier molecular flexibility index (Phi) is 5.81. The summed E-state index contributed by atoms with van der Waals surface area (Å²) in [7, 11) is -1.98. The summed E-state index contributed by atoms with van der Waals surface area (Å²) in [5.41, 5.74) is 2.37. The number of amides is 2. The summed E-state index contributed by atoms with van der Waals surface area (Å²) in [5.74, 6) is -0.631. The Hall–Kier alpha value is -2.32. The minimum atomic E-state index is -3.62. The van der Waals surface area contributed by atoms with Gasteiger partial charge in [-0.25, -0.2) is 8.42 Å². The van der Waals surface area contributed by atoms with Crippen molar-refractivity contribution in [3.05, 3.63) is 48.0 Å². The molecule has 2 amide bonds. The molecule has 0 aliphatic carbocycles. The van der Waals surface area contributed by atoms with Gasteiger partial charge in [0.05, 0.1) is 21.6 Å². The number of fused-ring (bicyclic) bond motifs is 1. The fourth-order valence-corrected chi connectivity index (χ4v) is 5.18. The minimum absolute atomic E-state index is 0.0992. The first-order chi connectivity index (χ1) is 13.2. The Labute approximate surface area is 169 Å². The predicted octanol–water partition coefficient (Wildman–Crippen LogP) is 3.25. The average molecular weight is 419 g/mol. The van der Waals surface area contributed by atoms with Crippen molar-refractivity contribution in [2.75, 3.05) is 23.0 Å². The molecule has 0 spiro atoms. The number of thioether (sulfide) groups is 1. The molecular formula is C20H22N2O4S2. The second kappa shape index (κ2) is 7.97. The van der Waals surface area contributed by atoms with Crippen LogP contribution < -0.4 is 10.2 Å². The van der Waals surface area contributed by atoms with Crippen molar-refractivity contribution in [3.8, 4) is 0 Å². The molecule has 0 saturated heterocycles. The van der Waals surface area contributed by atoms with E-state index in [1.54, 1.807) is 26.1 Å². The number of benzene rings is 2. The molecule has 0 radical (unpaired) electrons. The van der Waals surface area contributed by atoms with Crippen LogP contribution in [0.4, 0.5) is 11.4 Å². The zero-order valence-electron chi connectivity index (χ0n) is 15.9. The number of nitrogens with zero attached hydrogens (tertiary/aromatic N) is 1. The van der Waals surface area contributed by atoms with Crippen LogP contribution in [0.25, 0.3) is 0 Å². The highest BCUT2D eigenvalue weighted by Gasteiger charge is 2.26. The van der Waals surface area contributed by atoms with Crippen molar-refractivity contribution in [2.45, 2.75) is 35.3 Å². The number of aryl methyl sites for hydroxylation is 1. The van der Waals surface area contributed by atoms with Gasteiger partial charge in [-0.05, 0) is 49.7 Å². The highest BCUT2D eigenvalue weighted by molar-refractivity contribution is 8.01. The fourth-order valence-electron chi connectivity index (χ4n) is 2.86. The molecule has 28 heavy (non-hydrogen) atoms. The number of anilines is 2. The lowest BCUT2D eigenvalue weighted by Gasteiger charge is -2.22. The van der Waals surface area contributed by atoms with E-state index in [0.717, 1.165) is 16.1 Å². The second-order valence-corrected chi connectivity index (χ2v) is 10.3. The smallest absolute Gasteiger partial charge is 0.237 e. The summed E-state index contributed by atoms with van der Waals surface area (Å²) >= 11 is 1.33. The Balaban J connectivity index is 1.71. The molecule has 0 saturated carbocycles. The Morgan fingerprint density at radius 1 is 1.21 bits per heavy atom. The van der Waals surface area contributed by atoms with Crippen LogP contribution in [0, 0.1) is 6.92 Å². The summed E-state index contributed by atoms with van der Waals surface area (Å²) < 4.78 is 25.4. The molecule has 2 aromatic rings. The molecule has 3 rings (SSSR count). The van der Waals surface area contributed by atoms with Gasteiger partial charge in [0.15, 0.2) is 9.84 Å². The molecule has 1 atom stereocenters. The van der Waals surface area contributed by atoms with E-state index in [1.807, 2.05) is 31.2 Å². The normalized spacial score (nSPS) is 16.2. The van der Waals surface area contributed by atoms with Gasteiger partial charge in [-0.1, -0.05) is 12.1 Å². The molecule has 6 nitrogen and oxygen atoms in total. The molecular weight excluding hydrogens is 396 g/mol. The van der Waals surface area contributed by atoms with Crippen LogP contribution in [0.15, 0.2) is 52.3 Å². The van der Waals surface area contributed by atoms with Crippen LogP contribution >= 0.6 is 11.8 Å². The van der Waals surface area contributed by atoms with Gasteiger partial charge >= 0.3 is 0 Å². The maximum atomic E-state index is 12.7. The monoisotopic (exact) mass is 418 g/mol. The third-order valence-electron chi connectivity index (χ3n) is 4.59. The number of hydrogen-bond donors (Lipinski definition) is 1. The van der Waals surface area contributed by atoms with Gasteiger partial charge in [0.25, 0.3) is 0 Å². The summed E-state index contributed by atoms with van der Waals surface area (Å²) in [4.78, 5) is 26.5. The Bertz CT molecular complexity index is 1030. The summed E-state index contributed by atoms with van der Waals surface area (Å²) in [6.45, 7) is 3.70. The third kappa shape index (κ3) is 4.39. The number of sulfone groups is 1. The summed E-state index contributed by atoms with van der Waals surface area (Å²) in [6, 6.07) is 12.1. The molecule has 1 aliphatic rings. The second-order valence-electron chi connectivity index (χ2n) is 6.77. The van der Waals surface area contributed by atoms with Crippen molar-refractivity contribution in [1.82, 2.24) is 0 Å². The molecule has 1 aliphatic heterocycles. The summed E-state index contributed by atoms with van der Waals surface area (Å²) in [5, 5.41) is 2.48. The lowest BCUT2D eigenvalue weighted by molar-refractivity contribution is -0.118. The van der Waals surface area contributed by atoms with Gasteiger partial charge in [0, 0.05) is 24.1 Å². The zero-order chi connectivity index (χ0) is 20.5. The van der Waals surface area contributed by atoms with E-state index >= 15 is 0 Å². The SMILES string of the molecule is Cc1cccc(N(C)C(=O)CCS(=O)(=O)c2ccc3c(c2)SC(C)C(=O)N3)c1. The van der Waals surface area contributed by atoms with Crippen molar-refractivity contribution in [3.63, 3.8) is 0 Å². The maximum Gasteiger partial charge on any atom is 0.237 e. The van der Waals surface area contributed by atoms with Crippen LogP contribution in [-0.4, -0.2) is 38.3 Å². The van der Waals surface area contributed by atoms with E-state index in [9.17, 15) is 18.0 Å². The highest BCUT2D eigenvalue weighted by atomic mass is 32.2. The number of carbonyl (C=O) groups excluding carboxylic acids is 2. The van der Waals surface area contributed by atoms with Gasteiger partial charge in [-0.2, -0.15) is 0 Å². The molecule has 0 aromatic heterocycles. The molecule has 0 bridgehead atoms. The van der Waals surface area contributed by atoms with Crippen molar-refractivity contribution in [1.29, 1.82) is 0 Å². The van der Waals surface area contributed by atoms with Crippen LogP contribution in [0.2, 0.25) is 0 Å². The third-order valence-corrected chi connectivity index (χ3v) is 7.46. The standard InChI is InChI=1S/C20H22N2O4S2/c1-13-5-4-6-15(11-13)22(3)19(23)9-10-28(25,26)16-7-8-17-18(12-16)27-14(2)20(24)21-17/h4-8,11-12,14H,9-10H2,1-3H3,(H,21,24). The van der Waals surface area contributed by atoms with Crippen molar-refractivity contribution >= 4 is 44.8 Å². The van der Waals surface area contributed by atoms with E-state index in [2.05, 4.69) is 5.32 Å². The maximum absolute atomic E-state index is 12.7. The lowest BCUT2D eigenvalue weighted by Crippen LogP contribution is -2.28. The van der Waals surface area contributed by atoms with Crippen LogP contribution in [0.5, 0.6) is 0 Å². The fraction of sp³-hybridized carbons (Fsp3) is 0.300. The van der Waals surface area contributed by atoms with E-state index in [0.29, 0.717) is 5.69 Å². The molecule has 1 N–H and O–H groups in total. The molecule has 1 unspecified atom stereocenters.